The average Bonchev–Trinajstić information content (AvgIpc) is 2.90. The molecule has 2 amide bonds. The van der Waals surface area contributed by atoms with Crippen LogP contribution in [-0.4, -0.2) is 54.6 Å². The molecule has 4 rings (SSSR count). The first-order valence-electron chi connectivity index (χ1n) is 11.6. The highest BCUT2D eigenvalue weighted by Gasteiger charge is 2.41. The van der Waals surface area contributed by atoms with E-state index in [2.05, 4.69) is 48.5 Å². The minimum atomic E-state index is -0.491. The van der Waals surface area contributed by atoms with Crippen LogP contribution in [0, 0.1) is 0 Å². The number of carbonyl (C=O) groups excluding carboxylic acids is 3. The van der Waals surface area contributed by atoms with Gasteiger partial charge in [-0.3, -0.25) is 14.4 Å². The van der Waals surface area contributed by atoms with Gasteiger partial charge in [-0.05, 0) is 36.5 Å². The van der Waals surface area contributed by atoms with E-state index in [1.807, 2.05) is 42.5 Å². The van der Waals surface area contributed by atoms with Crippen LogP contribution in [0.3, 0.4) is 0 Å². The highest BCUT2D eigenvalue weighted by molar-refractivity contribution is 5.89. The molecule has 3 aromatic rings. The number of likely N-dealkylation sites (tertiary alicyclic amines) is 1. The molecular weight excluding hydrogens is 424 g/mol. The van der Waals surface area contributed by atoms with Crippen molar-refractivity contribution in [2.45, 2.75) is 25.2 Å². The molecule has 5 nitrogen and oxygen atoms in total. The number of carbonyl (C=O) groups is 3. The van der Waals surface area contributed by atoms with Gasteiger partial charge in [0.1, 0.15) is 5.78 Å². The van der Waals surface area contributed by atoms with Crippen molar-refractivity contribution < 1.29 is 14.4 Å². The maximum absolute atomic E-state index is 12.3. The van der Waals surface area contributed by atoms with Gasteiger partial charge >= 0.3 is 0 Å². The van der Waals surface area contributed by atoms with Crippen LogP contribution in [-0.2, 0) is 19.8 Å². The van der Waals surface area contributed by atoms with Gasteiger partial charge in [-0.2, -0.15) is 0 Å². The summed E-state index contributed by atoms with van der Waals surface area (Å²) < 4.78 is 0. The molecule has 0 saturated carbocycles. The molecule has 0 spiro atoms. The molecule has 0 aromatic heterocycles. The van der Waals surface area contributed by atoms with Gasteiger partial charge in [-0.1, -0.05) is 91.0 Å². The molecule has 1 fully saturated rings. The number of benzene rings is 3. The minimum Gasteiger partial charge on any atom is -0.341 e. The molecule has 5 heteroatoms. The van der Waals surface area contributed by atoms with Gasteiger partial charge in [0.2, 0.25) is 12.3 Å². The van der Waals surface area contributed by atoms with Crippen LogP contribution in [0.4, 0.5) is 0 Å². The summed E-state index contributed by atoms with van der Waals surface area (Å²) in [4.78, 5) is 38.1. The summed E-state index contributed by atoms with van der Waals surface area (Å²) in [6, 6.07) is 30.6. The van der Waals surface area contributed by atoms with Gasteiger partial charge in [0.05, 0.1) is 12.0 Å². The van der Waals surface area contributed by atoms with E-state index in [1.165, 1.54) is 16.0 Å². The molecule has 1 aliphatic rings. The zero-order chi connectivity index (χ0) is 24.4. The first-order chi connectivity index (χ1) is 16.5. The topological polar surface area (TPSA) is 57.7 Å². The number of likely N-dealkylation sites (N-methyl/N-ethyl adjacent to an activating group) is 1. The van der Waals surface area contributed by atoms with Crippen LogP contribution in [0.15, 0.2) is 91.0 Å². The fourth-order valence-corrected chi connectivity index (χ4v) is 4.35. The third-order valence-electron chi connectivity index (χ3n) is 6.42. The number of amides is 2. The molecule has 0 unspecified atom stereocenters. The Morgan fingerprint density at radius 1 is 0.824 bits per heavy atom. The largest absolute Gasteiger partial charge is 0.341 e. The highest BCUT2D eigenvalue weighted by Crippen LogP contribution is 2.36. The van der Waals surface area contributed by atoms with Gasteiger partial charge in [0.25, 0.3) is 0 Å². The quantitative estimate of drug-likeness (QED) is 0.510. The molecule has 0 N–H and O–H groups in total. The van der Waals surface area contributed by atoms with Gasteiger partial charge < -0.3 is 9.80 Å². The Morgan fingerprint density at radius 3 is 1.68 bits per heavy atom. The maximum Gasteiger partial charge on any atom is 0.242 e. The van der Waals surface area contributed by atoms with Crippen molar-refractivity contribution in [2.24, 2.45) is 0 Å². The van der Waals surface area contributed by atoms with Crippen molar-refractivity contribution in [3.8, 4) is 11.1 Å². The van der Waals surface area contributed by atoms with Crippen LogP contribution in [0.2, 0.25) is 0 Å². The predicted molar refractivity (Wildman–Crippen MR) is 135 cm³/mol. The van der Waals surface area contributed by atoms with E-state index in [0.29, 0.717) is 32.3 Å². The van der Waals surface area contributed by atoms with Crippen molar-refractivity contribution in [1.29, 1.82) is 0 Å². The van der Waals surface area contributed by atoms with E-state index in [-0.39, 0.29) is 18.2 Å². The van der Waals surface area contributed by atoms with Crippen molar-refractivity contribution in [1.82, 2.24) is 9.80 Å². The number of hydrogen-bond donors (Lipinski definition) is 0. The van der Waals surface area contributed by atoms with Crippen LogP contribution < -0.4 is 0 Å². The smallest absolute Gasteiger partial charge is 0.242 e. The van der Waals surface area contributed by atoms with Crippen molar-refractivity contribution in [3.63, 3.8) is 0 Å². The standard InChI is InChI=1S/C17H22N2O3.C12H10/c1-14(21)17(15-6-4-3-5-7-15)8-10-19(11-9-17)16(22)12-18(2)13-20;1-3-7-11(8-4-1)12-9-5-2-6-10-12/h3-7,13H,8-12H2,1-2H3;1-10H. The molecule has 1 saturated heterocycles. The molecule has 1 heterocycles. The first kappa shape index (κ1) is 24.9. The fraction of sp³-hybridized carbons (Fsp3) is 0.276. The second-order valence-corrected chi connectivity index (χ2v) is 8.64. The van der Waals surface area contributed by atoms with E-state index < -0.39 is 5.41 Å². The van der Waals surface area contributed by atoms with E-state index >= 15 is 0 Å². The molecule has 176 valence electrons. The molecular formula is C29H32N2O3. The molecule has 0 atom stereocenters. The summed E-state index contributed by atoms with van der Waals surface area (Å²) in [5.74, 6) is 0.0793. The van der Waals surface area contributed by atoms with Gasteiger partial charge in [0.15, 0.2) is 0 Å². The van der Waals surface area contributed by atoms with E-state index in [0.717, 1.165) is 5.56 Å². The lowest BCUT2D eigenvalue weighted by Crippen LogP contribution is -2.50. The van der Waals surface area contributed by atoms with Gasteiger partial charge in [-0.15, -0.1) is 0 Å². The monoisotopic (exact) mass is 456 g/mol. The van der Waals surface area contributed by atoms with Crippen LogP contribution in [0.5, 0.6) is 0 Å². The zero-order valence-electron chi connectivity index (χ0n) is 19.9. The summed E-state index contributed by atoms with van der Waals surface area (Å²) in [7, 11) is 1.58. The molecule has 3 aromatic carbocycles. The van der Waals surface area contributed by atoms with E-state index in [1.54, 1.807) is 18.9 Å². The van der Waals surface area contributed by atoms with Crippen molar-refractivity contribution in [2.75, 3.05) is 26.7 Å². The summed E-state index contributed by atoms with van der Waals surface area (Å²) >= 11 is 0. The lowest BCUT2D eigenvalue weighted by Gasteiger charge is -2.40. The average molecular weight is 457 g/mol. The van der Waals surface area contributed by atoms with Gasteiger partial charge in [-0.25, -0.2) is 0 Å². The second-order valence-electron chi connectivity index (χ2n) is 8.64. The number of hydrogen-bond acceptors (Lipinski definition) is 3. The molecule has 0 bridgehead atoms. The Balaban J connectivity index is 0.000000226. The highest BCUT2D eigenvalue weighted by atomic mass is 16.2. The lowest BCUT2D eigenvalue weighted by molar-refractivity contribution is -0.138. The Morgan fingerprint density at radius 2 is 1.26 bits per heavy atom. The summed E-state index contributed by atoms with van der Waals surface area (Å²) in [5.41, 5.74) is 3.09. The van der Waals surface area contributed by atoms with E-state index in [9.17, 15) is 14.4 Å². The van der Waals surface area contributed by atoms with Crippen molar-refractivity contribution in [3.05, 3.63) is 96.6 Å². The Hall–Kier alpha value is -3.73. The number of nitrogens with zero attached hydrogens (tertiary/aromatic N) is 2. The first-order valence-corrected chi connectivity index (χ1v) is 11.6. The second kappa shape index (κ2) is 11.9. The minimum absolute atomic E-state index is 0.0696. The summed E-state index contributed by atoms with van der Waals surface area (Å²) in [6.45, 7) is 2.80. The summed E-state index contributed by atoms with van der Waals surface area (Å²) in [6.07, 6.45) is 1.90. The fourth-order valence-electron chi connectivity index (χ4n) is 4.35. The zero-order valence-corrected chi connectivity index (χ0v) is 19.9. The third-order valence-corrected chi connectivity index (χ3v) is 6.42. The Bertz CT molecular complexity index is 1020. The number of rotatable bonds is 6. The Kier molecular flexibility index (Phi) is 8.74. The normalized spacial score (nSPS) is 14.4. The van der Waals surface area contributed by atoms with Crippen molar-refractivity contribution >= 4 is 18.1 Å². The molecule has 0 radical (unpaired) electrons. The van der Waals surface area contributed by atoms with E-state index in [4.69, 9.17) is 0 Å². The lowest BCUT2D eigenvalue weighted by atomic mass is 9.70. The molecule has 1 aliphatic heterocycles. The third kappa shape index (κ3) is 6.19. The van der Waals surface area contributed by atoms with Crippen LogP contribution in [0.1, 0.15) is 25.3 Å². The van der Waals surface area contributed by atoms with Crippen LogP contribution >= 0.6 is 0 Å². The number of ketones is 1. The maximum atomic E-state index is 12.3. The molecule has 34 heavy (non-hydrogen) atoms. The SMILES string of the molecule is CC(=O)C1(c2ccccc2)CCN(C(=O)CN(C)C=O)CC1.c1ccc(-c2ccccc2)cc1. The van der Waals surface area contributed by atoms with Crippen LogP contribution in [0.25, 0.3) is 11.1 Å². The number of Topliss-reactive ketones (excluding diaryl/α,β-unsaturated/α-hetero) is 1. The Labute approximate surface area is 202 Å². The molecule has 0 aliphatic carbocycles. The predicted octanol–water partition coefficient (Wildman–Crippen LogP) is 4.58. The summed E-state index contributed by atoms with van der Waals surface area (Å²) in [5, 5.41) is 0. The van der Waals surface area contributed by atoms with Gasteiger partial charge in [0, 0.05) is 20.1 Å². The number of piperidine rings is 1.